The van der Waals surface area contributed by atoms with Crippen molar-refractivity contribution in [1.82, 2.24) is 9.13 Å². The van der Waals surface area contributed by atoms with Crippen LogP contribution in [0.1, 0.15) is 26.8 Å². The van der Waals surface area contributed by atoms with E-state index in [1.165, 1.54) is 17.6 Å². The lowest BCUT2D eigenvalue weighted by atomic mass is 10.3. The summed E-state index contributed by atoms with van der Waals surface area (Å²) in [5.41, 5.74) is 0.119. The third kappa shape index (κ3) is 2.62. The number of hydrogen-bond donors (Lipinski definition) is 1. The first kappa shape index (κ1) is 12.3. The number of aliphatic carboxylic acids is 1. The summed E-state index contributed by atoms with van der Waals surface area (Å²) >= 11 is 0. The molecule has 88 valence electrons. The third-order valence-electron chi connectivity index (χ3n) is 2.36. The SMILES string of the molecule is C/C(=C/Cn1ccn(C(C)C)c1=O)C(=O)O. The van der Waals surface area contributed by atoms with E-state index in [9.17, 15) is 9.59 Å². The summed E-state index contributed by atoms with van der Waals surface area (Å²) in [5.74, 6) is -0.962. The Morgan fingerprint density at radius 2 is 2.12 bits per heavy atom. The molecule has 1 aromatic rings. The minimum absolute atomic E-state index is 0.110. The molecule has 0 aromatic carbocycles. The minimum atomic E-state index is -0.962. The Bertz CT molecular complexity index is 466. The third-order valence-corrected chi connectivity index (χ3v) is 2.36. The van der Waals surface area contributed by atoms with Crippen LogP contribution in [0.2, 0.25) is 0 Å². The van der Waals surface area contributed by atoms with E-state index >= 15 is 0 Å². The van der Waals surface area contributed by atoms with Gasteiger partial charge < -0.3 is 5.11 Å². The fraction of sp³-hybridized carbons (Fsp3) is 0.455. The van der Waals surface area contributed by atoms with E-state index in [4.69, 9.17) is 5.11 Å². The van der Waals surface area contributed by atoms with Crippen LogP contribution in [-0.2, 0) is 11.3 Å². The molecule has 0 spiro atoms. The fourth-order valence-corrected chi connectivity index (χ4v) is 1.28. The molecular weight excluding hydrogens is 208 g/mol. The summed E-state index contributed by atoms with van der Waals surface area (Å²) in [6.45, 7) is 5.64. The maximum absolute atomic E-state index is 11.7. The molecule has 0 atom stereocenters. The highest BCUT2D eigenvalue weighted by molar-refractivity contribution is 5.85. The highest BCUT2D eigenvalue weighted by Gasteiger charge is 2.05. The second kappa shape index (κ2) is 4.83. The van der Waals surface area contributed by atoms with Crippen molar-refractivity contribution in [3.05, 3.63) is 34.5 Å². The van der Waals surface area contributed by atoms with Gasteiger partial charge in [0.05, 0.1) is 0 Å². The van der Waals surface area contributed by atoms with Gasteiger partial charge in [-0.3, -0.25) is 9.13 Å². The Balaban J connectivity index is 2.88. The molecule has 5 nitrogen and oxygen atoms in total. The van der Waals surface area contributed by atoms with Crippen molar-refractivity contribution >= 4 is 5.97 Å². The van der Waals surface area contributed by atoms with Crippen LogP contribution in [0.25, 0.3) is 0 Å². The Morgan fingerprint density at radius 3 is 2.56 bits per heavy atom. The maximum Gasteiger partial charge on any atom is 0.331 e. The van der Waals surface area contributed by atoms with Crippen molar-refractivity contribution in [1.29, 1.82) is 0 Å². The van der Waals surface area contributed by atoms with Crippen LogP contribution in [0, 0.1) is 0 Å². The Morgan fingerprint density at radius 1 is 1.50 bits per heavy atom. The number of carbonyl (C=O) groups is 1. The van der Waals surface area contributed by atoms with Gasteiger partial charge in [-0.1, -0.05) is 6.08 Å². The largest absolute Gasteiger partial charge is 0.478 e. The summed E-state index contributed by atoms with van der Waals surface area (Å²) in [4.78, 5) is 22.3. The summed E-state index contributed by atoms with van der Waals surface area (Å²) in [6.07, 6.45) is 4.89. The first-order valence-electron chi connectivity index (χ1n) is 5.10. The molecule has 0 amide bonds. The quantitative estimate of drug-likeness (QED) is 0.783. The molecule has 1 heterocycles. The lowest BCUT2D eigenvalue weighted by Crippen LogP contribution is -2.25. The number of hydrogen-bond acceptors (Lipinski definition) is 2. The zero-order valence-electron chi connectivity index (χ0n) is 9.67. The summed E-state index contributed by atoms with van der Waals surface area (Å²) < 4.78 is 3.08. The van der Waals surface area contributed by atoms with Gasteiger partial charge in [0, 0.05) is 30.6 Å². The van der Waals surface area contributed by atoms with E-state index < -0.39 is 5.97 Å². The Kier molecular flexibility index (Phi) is 3.71. The highest BCUT2D eigenvalue weighted by atomic mass is 16.4. The Labute approximate surface area is 93.6 Å². The number of nitrogens with zero attached hydrogens (tertiary/aromatic N) is 2. The van der Waals surface area contributed by atoms with Crippen LogP contribution < -0.4 is 5.69 Å². The predicted octanol–water partition coefficient (Wildman–Crippen LogP) is 1.26. The van der Waals surface area contributed by atoms with Gasteiger partial charge in [0.15, 0.2) is 0 Å². The zero-order chi connectivity index (χ0) is 12.3. The molecule has 1 aromatic heterocycles. The lowest BCUT2D eigenvalue weighted by molar-refractivity contribution is -0.132. The normalized spacial score (nSPS) is 12.1. The zero-order valence-corrected chi connectivity index (χ0v) is 9.67. The molecule has 5 heteroatoms. The van der Waals surface area contributed by atoms with Crippen molar-refractivity contribution < 1.29 is 9.90 Å². The summed E-state index contributed by atoms with van der Waals surface area (Å²) in [7, 11) is 0. The van der Waals surface area contributed by atoms with Crippen LogP contribution in [-0.4, -0.2) is 20.2 Å². The van der Waals surface area contributed by atoms with Gasteiger partial charge in [-0.05, 0) is 20.8 Å². The van der Waals surface area contributed by atoms with Gasteiger partial charge in [0.2, 0.25) is 0 Å². The molecule has 0 radical (unpaired) electrons. The van der Waals surface area contributed by atoms with Crippen LogP contribution >= 0.6 is 0 Å². The predicted molar refractivity (Wildman–Crippen MR) is 60.5 cm³/mol. The van der Waals surface area contributed by atoms with Gasteiger partial charge in [-0.15, -0.1) is 0 Å². The van der Waals surface area contributed by atoms with Crippen molar-refractivity contribution in [2.24, 2.45) is 0 Å². The average molecular weight is 224 g/mol. The molecule has 16 heavy (non-hydrogen) atoms. The first-order valence-corrected chi connectivity index (χ1v) is 5.10. The molecule has 0 fully saturated rings. The van der Waals surface area contributed by atoms with Crippen molar-refractivity contribution in [3.63, 3.8) is 0 Å². The molecule has 0 bridgehead atoms. The van der Waals surface area contributed by atoms with Gasteiger partial charge in [0.25, 0.3) is 0 Å². The molecule has 0 saturated carbocycles. The smallest absolute Gasteiger partial charge is 0.331 e. The number of rotatable bonds is 4. The average Bonchev–Trinajstić information content (AvgIpc) is 2.56. The standard InChI is InChI=1S/C11H16N2O3/c1-8(2)13-7-6-12(11(13)16)5-4-9(3)10(14)15/h4,6-8H,5H2,1-3H3,(H,14,15)/b9-4-. The van der Waals surface area contributed by atoms with E-state index in [-0.39, 0.29) is 23.8 Å². The van der Waals surface area contributed by atoms with E-state index in [2.05, 4.69) is 0 Å². The van der Waals surface area contributed by atoms with Crippen molar-refractivity contribution in [3.8, 4) is 0 Å². The number of allylic oxidation sites excluding steroid dienone is 1. The number of carboxylic acid groups (broad SMARTS) is 1. The highest BCUT2D eigenvalue weighted by Crippen LogP contribution is 2.00. The number of aromatic nitrogens is 2. The van der Waals surface area contributed by atoms with Crippen LogP contribution in [0.3, 0.4) is 0 Å². The Hall–Kier alpha value is -1.78. The van der Waals surface area contributed by atoms with Crippen LogP contribution in [0.4, 0.5) is 0 Å². The maximum atomic E-state index is 11.7. The molecule has 1 rings (SSSR count). The summed E-state index contributed by atoms with van der Waals surface area (Å²) in [6, 6.07) is 0.110. The van der Waals surface area contributed by atoms with Crippen LogP contribution in [0.5, 0.6) is 0 Å². The van der Waals surface area contributed by atoms with Crippen molar-refractivity contribution in [2.45, 2.75) is 33.4 Å². The van der Waals surface area contributed by atoms with E-state index in [0.29, 0.717) is 0 Å². The molecule has 0 aliphatic heterocycles. The van der Waals surface area contributed by atoms with Gasteiger partial charge in [-0.25, -0.2) is 9.59 Å². The lowest BCUT2D eigenvalue weighted by Gasteiger charge is -2.03. The topological polar surface area (TPSA) is 64.2 Å². The fourth-order valence-electron chi connectivity index (χ4n) is 1.28. The molecular formula is C11H16N2O3. The molecule has 0 aliphatic rings. The van der Waals surface area contributed by atoms with E-state index in [1.54, 1.807) is 17.0 Å². The van der Waals surface area contributed by atoms with E-state index in [0.717, 1.165) is 0 Å². The monoisotopic (exact) mass is 224 g/mol. The van der Waals surface area contributed by atoms with E-state index in [1.807, 2.05) is 13.8 Å². The van der Waals surface area contributed by atoms with Crippen molar-refractivity contribution in [2.75, 3.05) is 0 Å². The van der Waals surface area contributed by atoms with Gasteiger partial charge in [0.1, 0.15) is 0 Å². The molecule has 0 saturated heterocycles. The molecule has 0 aliphatic carbocycles. The second-order valence-electron chi connectivity index (χ2n) is 3.93. The van der Waals surface area contributed by atoms with Gasteiger partial charge in [-0.2, -0.15) is 0 Å². The minimum Gasteiger partial charge on any atom is -0.478 e. The second-order valence-corrected chi connectivity index (χ2v) is 3.93. The first-order chi connectivity index (χ1) is 7.43. The van der Waals surface area contributed by atoms with Gasteiger partial charge >= 0.3 is 11.7 Å². The summed E-state index contributed by atoms with van der Waals surface area (Å²) in [5, 5.41) is 8.66. The van der Waals surface area contributed by atoms with Crippen LogP contribution in [0.15, 0.2) is 28.8 Å². The number of carboxylic acids is 1. The number of imidazole rings is 1. The molecule has 0 unspecified atom stereocenters. The molecule has 1 N–H and O–H groups in total.